The number of H-pyrrole nitrogens is 1. The highest BCUT2D eigenvalue weighted by molar-refractivity contribution is 6.06. The van der Waals surface area contributed by atoms with Crippen LogP contribution < -0.4 is 21.4 Å². The Morgan fingerprint density at radius 3 is 2.66 bits per heavy atom. The van der Waals surface area contributed by atoms with Crippen LogP contribution in [0.15, 0.2) is 27.8 Å². The third-order valence-electron chi connectivity index (χ3n) is 5.18. The predicted molar refractivity (Wildman–Crippen MR) is 108 cm³/mol. The van der Waals surface area contributed by atoms with Crippen LogP contribution in [-0.2, 0) is 0 Å². The van der Waals surface area contributed by atoms with Gasteiger partial charge in [0.05, 0.1) is 22.6 Å². The van der Waals surface area contributed by atoms with Crippen LogP contribution in [0.5, 0.6) is 5.75 Å². The Kier molecular flexibility index (Phi) is 4.89. The first-order valence-corrected chi connectivity index (χ1v) is 9.37. The maximum absolute atomic E-state index is 12.7. The van der Waals surface area contributed by atoms with Gasteiger partial charge in [-0.25, -0.2) is 4.98 Å². The zero-order valence-corrected chi connectivity index (χ0v) is 15.6. The minimum Gasteiger partial charge on any atom is -0.515 e. The molecule has 0 unspecified atom stereocenters. The smallest absolute Gasteiger partial charge is 0.253 e. The van der Waals surface area contributed by atoms with E-state index >= 15 is 0 Å². The number of hydrogen-bond acceptors (Lipinski definition) is 7. The van der Waals surface area contributed by atoms with Crippen LogP contribution in [0.4, 0.5) is 0 Å². The molecule has 150 valence electrons. The van der Waals surface area contributed by atoms with Gasteiger partial charge in [-0.1, -0.05) is 0 Å². The van der Waals surface area contributed by atoms with Crippen molar-refractivity contribution in [2.75, 3.05) is 26.2 Å². The summed E-state index contributed by atoms with van der Waals surface area (Å²) in [7, 11) is 0. The van der Waals surface area contributed by atoms with Crippen molar-refractivity contribution in [3.05, 3.63) is 49.4 Å². The number of carbonyl (C=O) groups is 1. The van der Waals surface area contributed by atoms with Gasteiger partial charge in [0.1, 0.15) is 22.3 Å². The number of phenolic OH excluding ortho intramolecular Hbond substituents is 1. The number of aromatic nitrogens is 2. The lowest BCUT2D eigenvalue weighted by atomic mass is 10.1. The van der Waals surface area contributed by atoms with Crippen molar-refractivity contribution in [1.82, 2.24) is 20.2 Å². The summed E-state index contributed by atoms with van der Waals surface area (Å²) >= 11 is 0. The number of phenols is 1. The van der Waals surface area contributed by atoms with E-state index < -0.39 is 16.6 Å². The molecule has 0 spiro atoms. The van der Waals surface area contributed by atoms with E-state index in [2.05, 4.69) is 20.2 Å². The molecular weight excluding hydrogens is 376 g/mol. The lowest BCUT2D eigenvalue weighted by Crippen LogP contribution is -2.33. The predicted octanol–water partition coefficient (Wildman–Crippen LogP) is -0.0174. The molecular formula is C20H20N4O5. The lowest BCUT2D eigenvalue weighted by molar-refractivity contribution is 0.0951. The monoisotopic (exact) mass is 396 g/mol. The molecule has 4 rings (SSSR count). The van der Waals surface area contributed by atoms with Crippen LogP contribution in [-0.4, -0.2) is 57.2 Å². The zero-order valence-electron chi connectivity index (χ0n) is 15.6. The highest BCUT2D eigenvalue weighted by Gasteiger charge is 2.17. The van der Waals surface area contributed by atoms with Crippen LogP contribution in [0.3, 0.4) is 0 Å². The second-order valence-electron chi connectivity index (χ2n) is 7.04. The van der Waals surface area contributed by atoms with E-state index in [0.29, 0.717) is 12.8 Å². The highest BCUT2D eigenvalue weighted by Crippen LogP contribution is 2.15. The van der Waals surface area contributed by atoms with E-state index in [1.165, 1.54) is 12.1 Å². The summed E-state index contributed by atoms with van der Waals surface area (Å²) in [6.07, 6.45) is 2.94. The van der Waals surface area contributed by atoms with Crippen LogP contribution >= 0.6 is 0 Å². The molecule has 29 heavy (non-hydrogen) atoms. The molecule has 0 bridgehead atoms. The first-order valence-electron chi connectivity index (χ1n) is 9.37. The zero-order chi connectivity index (χ0) is 20.5. The molecule has 0 aliphatic carbocycles. The minimum atomic E-state index is -0.575. The van der Waals surface area contributed by atoms with E-state index in [0.717, 1.165) is 38.5 Å². The maximum atomic E-state index is 12.7. The molecule has 0 atom stereocenters. The number of amides is 1. The number of aliphatic hydroxyl groups is 1. The Hall–Kier alpha value is -3.46. The van der Waals surface area contributed by atoms with Gasteiger partial charge >= 0.3 is 0 Å². The van der Waals surface area contributed by atoms with E-state index in [4.69, 9.17) is 0 Å². The fourth-order valence-corrected chi connectivity index (χ4v) is 3.68. The lowest BCUT2D eigenvalue weighted by Gasteiger charge is -2.15. The second kappa shape index (κ2) is 7.51. The number of aliphatic hydroxyl groups excluding tert-OH is 1. The third kappa shape index (κ3) is 3.40. The number of nitrogens with one attached hydrogen (secondary N) is 2. The van der Waals surface area contributed by atoms with Crippen LogP contribution in [0.2, 0.25) is 0 Å². The van der Waals surface area contributed by atoms with Crippen molar-refractivity contribution < 1.29 is 15.0 Å². The Morgan fingerprint density at radius 2 is 1.93 bits per heavy atom. The van der Waals surface area contributed by atoms with Crippen molar-refractivity contribution in [2.45, 2.75) is 12.8 Å². The first-order chi connectivity index (χ1) is 14.0. The van der Waals surface area contributed by atoms with Gasteiger partial charge in [0, 0.05) is 19.2 Å². The number of fused-ring (bicyclic) bond motifs is 2. The van der Waals surface area contributed by atoms with Gasteiger partial charge in [-0.15, -0.1) is 0 Å². The van der Waals surface area contributed by atoms with Crippen LogP contribution in [0.1, 0.15) is 23.2 Å². The number of rotatable bonds is 4. The number of likely N-dealkylation sites (tertiary alicyclic amines) is 1. The van der Waals surface area contributed by atoms with Crippen molar-refractivity contribution >= 4 is 34.2 Å². The van der Waals surface area contributed by atoms with Gasteiger partial charge in [-0.3, -0.25) is 14.4 Å². The summed E-state index contributed by atoms with van der Waals surface area (Å²) in [5.41, 5.74) is -0.827. The van der Waals surface area contributed by atoms with E-state index in [-0.39, 0.29) is 38.8 Å². The summed E-state index contributed by atoms with van der Waals surface area (Å²) in [5.74, 6) is -0.833. The number of nitrogens with zero attached hydrogens (tertiary/aromatic N) is 2. The van der Waals surface area contributed by atoms with Crippen molar-refractivity contribution in [1.29, 1.82) is 0 Å². The molecule has 2 heterocycles. The molecule has 1 saturated heterocycles. The molecule has 9 nitrogen and oxygen atoms in total. The minimum absolute atomic E-state index is 0.0210. The second-order valence-corrected chi connectivity index (χ2v) is 7.04. The molecule has 1 aromatic heterocycles. The standard InChI is InChI=1S/C20H20N4O5/c25-10-12-14(27)9-15(28)19-17(12)23-18-13(26)4-3-11(16(18)22-19)20(29)21-5-8-24-6-1-2-7-24/h3-4,9-10,22,25,27H,1-2,5-8H2,(H,21,29). The highest BCUT2D eigenvalue weighted by atomic mass is 16.3. The summed E-state index contributed by atoms with van der Waals surface area (Å²) in [5, 5.41) is 22.0. The van der Waals surface area contributed by atoms with E-state index in [1.807, 2.05) is 0 Å². The summed E-state index contributed by atoms with van der Waals surface area (Å²) in [6.45, 7) is 3.26. The SMILES string of the molecule is O=C(NCCN1CCCC1)c1ccc(=O)c2nc3c(=CO)c(O)cc(=O)c3[nH]c12. The molecule has 0 radical (unpaired) electrons. The van der Waals surface area contributed by atoms with Gasteiger partial charge < -0.3 is 25.4 Å². The molecule has 1 fully saturated rings. The fourth-order valence-electron chi connectivity index (χ4n) is 3.68. The Labute approximate surface area is 164 Å². The first kappa shape index (κ1) is 18.9. The molecule has 3 aromatic rings. The normalized spacial score (nSPS) is 15.4. The summed E-state index contributed by atoms with van der Waals surface area (Å²) in [4.78, 5) is 46.6. The maximum Gasteiger partial charge on any atom is 0.253 e. The van der Waals surface area contributed by atoms with Crippen molar-refractivity contribution in [2.24, 2.45) is 0 Å². The molecule has 4 N–H and O–H groups in total. The number of aromatic amines is 1. The van der Waals surface area contributed by atoms with Gasteiger partial charge in [0.25, 0.3) is 5.91 Å². The number of aromatic hydroxyl groups is 1. The quantitative estimate of drug-likeness (QED) is 0.455. The van der Waals surface area contributed by atoms with E-state index in [9.17, 15) is 24.6 Å². The molecule has 0 saturated carbocycles. The van der Waals surface area contributed by atoms with Gasteiger partial charge in [-0.05, 0) is 38.1 Å². The number of hydrogen-bond donors (Lipinski definition) is 4. The van der Waals surface area contributed by atoms with Gasteiger partial charge in [0.15, 0.2) is 0 Å². The third-order valence-corrected chi connectivity index (χ3v) is 5.18. The molecule has 1 aliphatic rings. The average Bonchev–Trinajstić information content (AvgIpc) is 3.21. The molecule has 2 aromatic carbocycles. The van der Waals surface area contributed by atoms with Crippen LogP contribution in [0, 0.1) is 0 Å². The Balaban J connectivity index is 1.78. The number of carbonyl (C=O) groups excluding carboxylic acids is 1. The average molecular weight is 396 g/mol. The Morgan fingerprint density at radius 1 is 1.17 bits per heavy atom. The summed E-state index contributed by atoms with van der Waals surface area (Å²) < 4.78 is 0. The molecule has 1 amide bonds. The molecule has 1 aliphatic heterocycles. The fraction of sp³-hybridized carbons (Fsp3) is 0.300. The van der Waals surface area contributed by atoms with Crippen LogP contribution in [0.25, 0.3) is 28.3 Å². The number of benzene rings is 2. The molecule has 9 heteroatoms. The largest absolute Gasteiger partial charge is 0.515 e. The van der Waals surface area contributed by atoms with Gasteiger partial charge in [0.2, 0.25) is 10.9 Å². The van der Waals surface area contributed by atoms with Crippen molar-refractivity contribution in [3.63, 3.8) is 0 Å². The van der Waals surface area contributed by atoms with Gasteiger partial charge in [-0.2, -0.15) is 0 Å². The van der Waals surface area contributed by atoms with Crippen molar-refractivity contribution in [3.8, 4) is 5.75 Å². The van der Waals surface area contributed by atoms with E-state index in [1.54, 1.807) is 0 Å². The topological polar surface area (TPSA) is 136 Å². The Bertz CT molecular complexity index is 1280. The summed E-state index contributed by atoms with van der Waals surface area (Å²) in [6, 6.07) is 3.56.